The van der Waals surface area contributed by atoms with Gasteiger partial charge in [0.25, 0.3) is 5.91 Å². The number of rotatable bonds is 0. The van der Waals surface area contributed by atoms with Gasteiger partial charge in [0.05, 0.1) is 14.7 Å². The molecule has 1 heterocycles. The van der Waals surface area contributed by atoms with E-state index in [0.717, 1.165) is 4.48 Å². The van der Waals surface area contributed by atoms with E-state index in [2.05, 4.69) is 38.4 Å². The maximum absolute atomic E-state index is 11.1. The maximum atomic E-state index is 11.1. The Morgan fingerprint density at radius 1 is 1.40 bits per heavy atom. The van der Waals surface area contributed by atoms with Crippen LogP contribution in [-0.4, -0.2) is 17.9 Å². The van der Waals surface area contributed by atoms with Crippen molar-refractivity contribution in [3.8, 4) is 0 Å². The van der Waals surface area contributed by atoms with Gasteiger partial charge in [-0.1, -0.05) is 6.58 Å². The van der Waals surface area contributed by atoms with Crippen molar-refractivity contribution < 1.29 is 4.79 Å². The molecule has 0 unspecified atom stereocenters. The molecule has 0 spiro atoms. The van der Waals surface area contributed by atoms with E-state index in [4.69, 9.17) is 0 Å². The summed E-state index contributed by atoms with van der Waals surface area (Å²) in [5, 5.41) is 0. The van der Waals surface area contributed by atoms with Gasteiger partial charge in [-0.2, -0.15) is 0 Å². The number of carbonyl (C=O) groups excluding carboxylic acids is 1. The van der Waals surface area contributed by atoms with Crippen molar-refractivity contribution in [2.24, 2.45) is 0 Å². The van der Waals surface area contributed by atoms with Crippen molar-refractivity contribution in [3.63, 3.8) is 0 Å². The monoisotopic (exact) mass is 265 g/mol. The highest BCUT2D eigenvalue weighted by atomic mass is 79.9. The van der Waals surface area contributed by atoms with Crippen molar-refractivity contribution in [3.05, 3.63) is 21.2 Å². The van der Waals surface area contributed by atoms with E-state index in [0.29, 0.717) is 10.2 Å². The Morgan fingerprint density at radius 2 is 1.90 bits per heavy atom. The molecule has 1 rings (SSSR count). The largest absolute Gasteiger partial charge is 0.310 e. The van der Waals surface area contributed by atoms with E-state index >= 15 is 0 Å². The van der Waals surface area contributed by atoms with Crippen LogP contribution >= 0.6 is 31.9 Å². The zero-order valence-electron chi connectivity index (χ0n) is 5.32. The van der Waals surface area contributed by atoms with Crippen LogP contribution in [-0.2, 0) is 4.79 Å². The lowest BCUT2D eigenvalue weighted by atomic mass is 10.5. The van der Waals surface area contributed by atoms with Gasteiger partial charge < -0.3 is 4.90 Å². The van der Waals surface area contributed by atoms with E-state index in [1.165, 1.54) is 4.90 Å². The predicted octanol–water partition coefficient (Wildman–Crippen LogP) is 1.97. The lowest BCUT2D eigenvalue weighted by Gasteiger charge is -2.08. The summed E-state index contributed by atoms with van der Waals surface area (Å²) >= 11 is 6.35. The zero-order chi connectivity index (χ0) is 7.89. The highest BCUT2D eigenvalue weighted by Crippen LogP contribution is 2.34. The second-order valence-corrected chi connectivity index (χ2v) is 3.52. The third kappa shape index (κ3) is 0.953. The van der Waals surface area contributed by atoms with Gasteiger partial charge in [-0.3, -0.25) is 4.79 Å². The number of nitrogens with zero attached hydrogens (tertiary/aromatic N) is 1. The Bertz CT molecular complexity index is 220. The highest BCUT2D eigenvalue weighted by Gasteiger charge is 2.27. The lowest BCUT2D eigenvalue weighted by molar-refractivity contribution is -0.122. The van der Waals surface area contributed by atoms with Gasteiger partial charge in [0.1, 0.15) is 0 Å². The van der Waals surface area contributed by atoms with E-state index in [-0.39, 0.29) is 5.91 Å². The van der Waals surface area contributed by atoms with Crippen LogP contribution in [0, 0.1) is 0 Å². The summed E-state index contributed by atoms with van der Waals surface area (Å²) < 4.78 is 1.28. The van der Waals surface area contributed by atoms with E-state index in [1.807, 2.05) is 0 Å². The first kappa shape index (κ1) is 8.01. The number of hydrogen-bond acceptors (Lipinski definition) is 1. The molecule has 0 radical (unpaired) electrons. The van der Waals surface area contributed by atoms with Gasteiger partial charge in [-0.25, -0.2) is 0 Å². The molecule has 0 atom stereocenters. The minimum Gasteiger partial charge on any atom is -0.310 e. The standard InChI is InChI=1S/C6H5Br2NO/c1-3-4(7)5(8)6(10)9(3)2/h1H2,2H3. The van der Waals surface area contributed by atoms with Gasteiger partial charge in [0.15, 0.2) is 0 Å². The summed E-state index contributed by atoms with van der Waals surface area (Å²) in [4.78, 5) is 12.5. The molecule has 0 aromatic heterocycles. The summed E-state index contributed by atoms with van der Waals surface area (Å²) in [7, 11) is 1.68. The molecule has 2 nitrogen and oxygen atoms in total. The summed E-state index contributed by atoms with van der Waals surface area (Å²) in [6, 6.07) is 0. The van der Waals surface area contributed by atoms with Crippen LogP contribution in [0.15, 0.2) is 21.2 Å². The van der Waals surface area contributed by atoms with E-state index in [1.54, 1.807) is 7.05 Å². The lowest BCUT2D eigenvalue weighted by Crippen LogP contribution is -2.18. The molecule has 0 aromatic rings. The van der Waals surface area contributed by atoms with Gasteiger partial charge in [-0.15, -0.1) is 0 Å². The molecule has 0 fully saturated rings. The Hall–Kier alpha value is -0.0900. The molecular weight excluding hydrogens is 262 g/mol. The number of halogens is 2. The fourth-order valence-electron chi connectivity index (χ4n) is 0.638. The Labute approximate surface area is 75.8 Å². The van der Waals surface area contributed by atoms with Crippen LogP contribution in [0.4, 0.5) is 0 Å². The molecule has 1 amide bonds. The highest BCUT2D eigenvalue weighted by molar-refractivity contribution is 9.14. The smallest absolute Gasteiger partial charge is 0.266 e. The normalized spacial score (nSPS) is 19.3. The van der Waals surface area contributed by atoms with Crippen LogP contribution in [0.2, 0.25) is 0 Å². The second kappa shape index (κ2) is 2.51. The fraction of sp³-hybridized carbons (Fsp3) is 0.167. The Kier molecular flexibility index (Phi) is 2.01. The second-order valence-electron chi connectivity index (χ2n) is 1.94. The van der Waals surface area contributed by atoms with Crippen LogP contribution in [0.5, 0.6) is 0 Å². The predicted molar refractivity (Wildman–Crippen MR) is 46.8 cm³/mol. The van der Waals surface area contributed by atoms with Crippen molar-refractivity contribution in [1.82, 2.24) is 4.90 Å². The Morgan fingerprint density at radius 3 is 2.00 bits per heavy atom. The minimum atomic E-state index is -0.0584. The first-order valence-electron chi connectivity index (χ1n) is 2.58. The molecular formula is C6H5Br2NO. The molecule has 4 heteroatoms. The number of hydrogen-bond donors (Lipinski definition) is 0. The van der Waals surface area contributed by atoms with Crippen molar-refractivity contribution in [2.75, 3.05) is 7.05 Å². The number of likely N-dealkylation sites (N-methyl/N-ethyl adjacent to an activating group) is 1. The van der Waals surface area contributed by atoms with E-state index in [9.17, 15) is 4.79 Å². The number of carbonyl (C=O) groups is 1. The van der Waals surface area contributed by atoms with E-state index < -0.39 is 0 Å². The van der Waals surface area contributed by atoms with Crippen LogP contribution in [0.1, 0.15) is 0 Å². The molecule has 10 heavy (non-hydrogen) atoms. The topological polar surface area (TPSA) is 20.3 Å². The molecule has 0 saturated carbocycles. The third-order valence-corrected chi connectivity index (χ3v) is 3.47. The molecule has 1 aliphatic heterocycles. The molecule has 0 N–H and O–H groups in total. The summed E-state index contributed by atoms with van der Waals surface area (Å²) in [5.74, 6) is -0.0584. The number of allylic oxidation sites excluding steroid dienone is 1. The molecule has 1 aliphatic rings. The molecule has 0 aromatic carbocycles. The SMILES string of the molecule is C=C1C(Br)=C(Br)C(=O)N1C. The number of amides is 1. The van der Waals surface area contributed by atoms with Gasteiger partial charge in [0.2, 0.25) is 0 Å². The van der Waals surface area contributed by atoms with Crippen molar-refractivity contribution in [2.45, 2.75) is 0 Å². The zero-order valence-corrected chi connectivity index (χ0v) is 8.49. The first-order chi connectivity index (χ1) is 4.55. The summed E-state index contributed by atoms with van der Waals surface area (Å²) in [6.07, 6.45) is 0. The quantitative estimate of drug-likeness (QED) is 0.657. The first-order valence-corrected chi connectivity index (χ1v) is 4.17. The van der Waals surface area contributed by atoms with Gasteiger partial charge in [0, 0.05) is 7.05 Å². The van der Waals surface area contributed by atoms with Gasteiger partial charge in [-0.05, 0) is 31.9 Å². The third-order valence-electron chi connectivity index (χ3n) is 1.34. The van der Waals surface area contributed by atoms with Crippen LogP contribution in [0.3, 0.4) is 0 Å². The minimum absolute atomic E-state index is 0.0584. The molecule has 0 aliphatic carbocycles. The Balaban J connectivity index is 3.11. The average molecular weight is 267 g/mol. The molecule has 54 valence electrons. The average Bonchev–Trinajstić information content (AvgIpc) is 2.07. The van der Waals surface area contributed by atoms with Crippen LogP contribution in [0.25, 0.3) is 0 Å². The maximum Gasteiger partial charge on any atom is 0.266 e. The van der Waals surface area contributed by atoms with Crippen molar-refractivity contribution in [1.29, 1.82) is 0 Å². The van der Waals surface area contributed by atoms with Crippen molar-refractivity contribution >= 4 is 37.8 Å². The fourth-order valence-corrected chi connectivity index (χ4v) is 1.57. The molecule has 0 bridgehead atoms. The summed E-state index contributed by atoms with van der Waals surface area (Å²) in [6.45, 7) is 3.69. The molecule has 0 saturated heterocycles. The van der Waals surface area contributed by atoms with Crippen LogP contribution < -0.4 is 0 Å². The van der Waals surface area contributed by atoms with Gasteiger partial charge >= 0.3 is 0 Å². The summed E-state index contributed by atoms with van der Waals surface area (Å²) in [5.41, 5.74) is 0.692.